The maximum atomic E-state index is 11.4. The molecule has 5 nitrogen and oxygen atoms in total. The van der Waals surface area contributed by atoms with Crippen molar-refractivity contribution in [1.82, 2.24) is 4.98 Å². The minimum atomic E-state index is -0.423. The number of anilines is 2. The summed E-state index contributed by atoms with van der Waals surface area (Å²) in [5.41, 5.74) is 14.7. The lowest BCUT2D eigenvalue weighted by molar-refractivity contribution is 0.0595. The van der Waals surface area contributed by atoms with E-state index in [0.29, 0.717) is 22.6 Å². The predicted octanol–water partition coefficient (Wildman–Crippen LogP) is 1.43. The zero-order valence-electron chi connectivity index (χ0n) is 9.13. The average molecular weight is 219 g/mol. The van der Waals surface area contributed by atoms with E-state index in [4.69, 9.17) is 11.5 Å². The van der Waals surface area contributed by atoms with Crippen molar-refractivity contribution in [3.63, 3.8) is 0 Å². The summed E-state index contributed by atoms with van der Waals surface area (Å²) in [4.78, 5) is 14.3. The van der Waals surface area contributed by atoms with E-state index in [-0.39, 0.29) is 0 Å². The van der Waals surface area contributed by atoms with Gasteiger partial charge in [0.05, 0.1) is 18.3 Å². The summed E-state index contributed by atoms with van der Waals surface area (Å²) < 4.78 is 4.63. The first-order chi connectivity index (χ1) is 7.54. The summed E-state index contributed by atoms with van der Waals surface area (Å²) in [6, 6.07) is 3.37. The fourth-order valence-electron chi connectivity index (χ4n) is 1.70. The fourth-order valence-corrected chi connectivity index (χ4v) is 1.70. The Hall–Kier alpha value is -2.17. The van der Waals surface area contributed by atoms with Crippen LogP contribution in [0.1, 0.15) is 16.1 Å². The molecule has 0 spiro atoms. The number of benzene rings is 1. The molecule has 0 aliphatic rings. The van der Waals surface area contributed by atoms with Crippen molar-refractivity contribution in [1.29, 1.82) is 0 Å². The molecule has 2 rings (SSSR count). The highest BCUT2D eigenvalue weighted by molar-refractivity contribution is 6.02. The topological polar surface area (TPSA) is 94.1 Å². The van der Waals surface area contributed by atoms with Gasteiger partial charge in [0.15, 0.2) is 0 Å². The third kappa shape index (κ3) is 1.37. The number of aryl methyl sites for hydroxylation is 1. The quantitative estimate of drug-likeness (QED) is 0.499. The fraction of sp³-hybridized carbons (Fsp3) is 0.182. The van der Waals surface area contributed by atoms with Crippen molar-refractivity contribution in [2.45, 2.75) is 6.92 Å². The van der Waals surface area contributed by atoms with Gasteiger partial charge in [-0.05, 0) is 24.6 Å². The number of carbonyl (C=O) groups is 1. The lowest BCUT2D eigenvalue weighted by Gasteiger charge is -2.03. The normalized spacial score (nSPS) is 10.6. The number of H-pyrrole nitrogens is 1. The van der Waals surface area contributed by atoms with E-state index in [9.17, 15) is 4.79 Å². The van der Waals surface area contributed by atoms with Gasteiger partial charge in [-0.3, -0.25) is 0 Å². The standard InChI is InChI=1S/C11H13N3O2/c1-5-6-3-9(11(15)16-2)14-10(6)8(13)4-7(5)12/h3-4,14H,12-13H2,1-2H3. The number of aromatic amines is 1. The van der Waals surface area contributed by atoms with Crippen LogP contribution in [0.5, 0.6) is 0 Å². The summed E-state index contributed by atoms with van der Waals surface area (Å²) in [5.74, 6) is -0.423. The zero-order chi connectivity index (χ0) is 11.9. The Labute approximate surface area is 92.4 Å². The van der Waals surface area contributed by atoms with Gasteiger partial charge in [-0.2, -0.15) is 0 Å². The average Bonchev–Trinajstić information content (AvgIpc) is 2.70. The van der Waals surface area contributed by atoms with Crippen LogP contribution in [-0.2, 0) is 4.74 Å². The molecule has 0 radical (unpaired) electrons. The van der Waals surface area contributed by atoms with Gasteiger partial charge in [-0.25, -0.2) is 4.79 Å². The van der Waals surface area contributed by atoms with Crippen molar-refractivity contribution >= 4 is 28.2 Å². The molecule has 0 unspecified atom stereocenters. The molecular weight excluding hydrogens is 206 g/mol. The number of esters is 1. The number of nitrogen functional groups attached to an aromatic ring is 2. The first-order valence-electron chi connectivity index (χ1n) is 4.80. The van der Waals surface area contributed by atoms with Gasteiger partial charge >= 0.3 is 5.97 Å². The largest absolute Gasteiger partial charge is 0.464 e. The molecule has 0 atom stereocenters. The Morgan fingerprint density at radius 2 is 2.00 bits per heavy atom. The number of aromatic nitrogens is 1. The molecule has 5 heteroatoms. The molecule has 2 aromatic rings. The van der Waals surface area contributed by atoms with Crippen LogP contribution in [0.4, 0.5) is 11.4 Å². The van der Waals surface area contributed by atoms with Gasteiger partial charge in [0.2, 0.25) is 0 Å². The summed E-state index contributed by atoms with van der Waals surface area (Å²) in [6.45, 7) is 1.88. The molecule has 1 heterocycles. The van der Waals surface area contributed by atoms with Crippen LogP contribution >= 0.6 is 0 Å². The molecule has 0 fully saturated rings. The summed E-state index contributed by atoms with van der Waals surface area (Å²) in [5, 5.41) is 0.845. The minimum Gasteiger partial charge on any atom is -0.464 e. The number of methoxy groups -OCH3 is 1. The molecule has 0 aliphatic carbocycles. The number of nitrogens with one attached hydrogen (secondary N) is 1. The van der Waals surface area contributed by atoms with E-state index in [1.54, 1.807) is 12.1 Å². The van der Waals surface area contributed by atoms with Gasteiger partial charge in [-0.15, -0.1) is 0 Å². The second-order valence-electron chi connectivity index (χ2n) is 3.64. The second-order valence-corrected chi connectivity index (χ2v) is 3.64. The van der Waals surface area contributed by atoms with Gasteiger partial charge < -0.3 is 21.2 Å². The number of hydrogen-bond donors (Lipinski definition) is 3. The highest BCUT2D eigenvalue weighted by Gasteiger charge is 2.13. The van der Waals surface area contributed by atoms with Crippen molar-refractivity contribution in [2.24, 2.45) is 0 Å². The van der Waals surface area contributed by atoms with E-state index in [1.165, 1.54) is 7.11 Å². The van der Waals surface area contributed by atoms with Crippen molar-refractivity contribution in [3.8, 4) is 0 Å². The van der Waals surface area contributed by atoms with Crippen LogP contribution in [0.2, 0.25) is 0 Å². The molecule has 0 bridgehead atoms. The Balaban J connectivity index is 2.74. The monoisotopic (exact) mass is 219 g/mol. The number of carbonyl (C=O) groups excluding carboxylic acids is 1. The molecule has 0 saturated heterocycles. The zero-order valence-corrected chi connectivity index (χ0v) is 9.13. The van der Waals surface area contributed by atoms with E-state index >= 15 is 0 Å². The molecular formula is C11H13N3O2. The molecule has 84 valence electrons. The number of ether oxygens (including phenoxy) is 1. The van der Waals surface area contributed by atoms with E-state index in [0.717, 1.165) is 10.9 Å². The SMILES string of the molecule is COC(=O)c1cc2c(C)c(N)cc(N)c2[nH]1. The maximum Gasteiger partial charge on any atom is 0.354 e. The van der Waals surface area contributed by atoms with E-state index in [2.05, 4.69) is 9.72 Å². The predicted molar refractivity (Wildman–Crippen MR) is 63.2 cm³/mol. The van der Waals surface area contributed by atoms with Gasteiger partial charge in [0, 0.05) is 11.1 Å². The Morgan fingerprint density at radius 1 is 1.31 bits per heavy atom. The molecule has 5 N–H and O–H groups in total. The molecule has 0 saturated carbocycles. The van der Waals surface area contributed by atoms with Crippen LogP contribution in [0, 0.1) is 6.92 Å². The Bertz CT molecular complexity index is 572. The minimum absolute atomic E-state index is 0.373. The number of rotatable bonds is 1. The third-order valence-electron chi connectivity index (χ3n) is 2.66. The van der Waals surface area contributed by atoms with E-state index < -0.39 is 5.97 Å². The maximum absolute atomic E-state index is 11.4. The summed E-state index contributed by atoms with van der Waals surface area (Å²) in [7, 11) is 1.33. The first kappa shape index (κ1) is 10.4. The van der Waals surface area contributed by atoms with E-state index in [1.807, 2.05) is 6.92 Å². The van der Waals surface area contributed by atoms with Crippen LogP contribution in [0.25, 0.3) is 10.9 Å². The summed E-state index contributed by atoms with van der Waals surface area (Å²) in [6.07, 6.45) is 0. The lowest BCUT2D eigenvalue weighted by atomic mass is 10.1. The van der Waals surface area contributed by atoms with Crippen molar-refractivity contribution < 1.29 is 9.53 Å². The van der Waals surface area contributed by atoms with Crippen molar-refractivity contribution in [3.05, 3.63) is 23.4 Å². The number of fused-ring (bicyclic) bond motifs is 1. The Morgan fingerprint density at radius 3 is 2.62 bits per heavy atom. The first-order valence-corrected chi connectivity index (χ1v) is 4.80. The highest BCUT2D eigenvalue weighted by atomic mass is 16.5. The van der Waals surface area contributed by atoms with Gasteiger partial charge in [-0.1, -0.05) is 0 Å². The molecule has 0 aliphatic heterocycles. The molecule has 16 heavy (non-hydrogen) atoms. The van der Waals surface area contributed by atoms with Crippen LogP contribution < -0.4 is 11.5 Å². The van der Waals surface area contributed by atoms with Crippen LogP contribution in [0.3, 0.4) is 0 Å². The van der Waals surface area contributed by atoms with Gasteiger partial charge in [0.1, 0.15) is 5.69 Å². The summed E-state index contributed by atoms with van der Waals surface area (Å²) >= 11 is 0. The van der Waals surface area contributed by atoms with Crippen LogP contribution in [-0.4, -0.2) is 18.1 Å². The lowest BCUT2D eigenvalue weighted by Crippen LogP contribution is -2.00. The van der Waals surface area contributed by atoms with Gasteiger partial charge in [0.25, 0.3) is 0 Å². The van der Waals surface area contributed by atoms with Crippen molar-refractivity contribution in [2.75, 3.05) is 18.6 Å². The molecule has 1 aromatic carbocycles. The number of hydrogen-bond acceptors (Lipinski definition) is 4. The molecule has 1 aromatic heterocycles. The Kier molecular flexibility index (Phi) is 2.23. The third-order valence-corrected chi connectivity index (χ3v) is 2.66. The number of nitrogens with two attached hydrogens (primary N) is 2. The second kappa shape index (κ2) is 3.44. The van der Waals surface area contributed by atoms with Crippen LogP contribution in [0.15, 0.2) is 12.1 Å². The highest BCUT2D eigenvalue weighted by Crippen LogP contribution is 2.29. The smallest absolute Gasteiger partial charge is 0.354 e. The molecule has 0 amide bonds.